The number of nitrogens with zero attached hydrogens (tertiary/aromatic N) is 1. The second-order valence-corrected chi connectivity index (χ2v) is 7.32. The van der Waals surface area contributed by atoms with Crippen LogP contribution in [0, 0.1) is 17.8 Å². The fraction of sp³-hybridized carbons (Fsp3) is 0.474. The quantitative estimate of drug-likeness (QED) is 0.913. The van der Waals surface area contributed by atoms with Gasteiger partial charge in [0, 0.05) is 24.6 Å². The summed E-state index contributed by atoms with van der Waals surface area (Å²) in [5.74, 6) is 2.44. The number of hydrogen-bond acceptors (Lipinski definition) is 2. The van der Waals surface area contributed by atoms with Crippen LogP contribution in [0.15, 0.2) is 30.5 Å². The van der Waals surface area contributed by atoms with Crippen molar-refractivity contribution in [2.45, 2.75) is 31.6 Å². The molecule has 0 radical (unpaired) electrons. The molecular weight excluding hydrogens is 286 g/mol. The maximum Gasteiger partial charge on any atom is 0.223 e. The van der Waals surface area contributed by atoms with E-state index in [1.807, 2.05) is 6.20 Å². The van der Waals surface area contributed by atoms with Gasteiger partial charge in [-0.1, -0.05) is 24.3 Å². The number of aromatic nitrogens is 2. The highest BCUT2D eigenvalue weighted by atomic mass is 16.1. The average Bonchev–Trinajstić information content (AvgIpc) is 2.94. The summed E-state index contributed by atoms with van der Waals surface area (Å²) in [5, 5.41) is 10.3. The van der Waals surface area contributed by atoms with Crippen molar-refractivity contribution in [2.75, 3.05) is 6.54 Å². The molecule has 1 heterocycles. The first-order valence-electron chi connectivity index (χ1n) is 8.68. The van der Waals surface area contributed by atoms with Crippen molar-refractivity contribution in [3.63, 3.8) is 0 Å². The van der Waals surface area contributed by atoms with Crippen LogP contribution in [0.5, 0.6) is 0 Å². The summed E-state index contributed by atoms with van der Waals surface area (Å²) in [4.78, 5) is 12.5. The van der Waals surface area contributed by atoms with Crippen LogP contribution < -0.4 is 5.32 Å². The second kappa shape index (κ2) is 4.95. The van der Waals surface area contributed by atoms with Crippen LogP contribution in [0.4, 0.5) is 0 Å². The van der Waals surface area contributed by atoms with Crippen LogP contribution in [0.1, 0.15) is 34.7 Å². The van der Waals surface area contributed by atoms with Crippen molar-refractivity contribution in [1.29, 1.82) is 0 Å². The zero-order valence-electron chi connectivity index (χ0n) is 13.1. The van der Waals surface area contributed by atoms with E-state index in [4.69, 9.17) is 0 Å². The molecule has 3 aliphatic carbocycles. The van der Waals surface area contributed by atoms with E-state index in [1.54, 1.807) is 0 Å². The molecule has 0 aliphatic heterocycles. The van der Waals surface area contributed by atoms with Crippen molar-refractivity contribution in [3.05, 3.63) is 52.8 Å². The molecule has 1 amide bonds. The number of hydrogen-bond donors (Lipinski definition) is 2. The van der Waals surface area contributed by atoms with Crippen molar-refractivity contribution in [2.24, 2.45) is 17.8 Å². The number of carbonyl (C=O) groups excluding carboxylic acids is 1. The monoisotopic (exact) mass is 307 g/mol. The number of aromatic amines is 1. The zero-order valence-corrected chi connectivity index (χ0v) is 13.1. The Balaban J connectivity index is 1.18. The molecule has 3 aliphatic rings. The molecule has 4 nitrogen and oxygen atoms in total. The van der Waals surface area contributed by atoms with E-state index < -0.39 is 0 Å². The number of H-pyrrole nitrogens is 1. The Morgan fingerprint density at radius 2 is 2.17 bits per heavy atom. The summed E-state index contributed by atoms with van der Waals surface area (Å²) in [6.07, 6.45) is 5.81. The number of rotatable bonds is 3. The molecule has 2 N–H and O–H groups in total. The summed E-state index contributed by atoms with van der Waals surface area (Å²) >= 11 is 0. The fourth-order valence-corrected chi connectivity index (χ4v) is 4.76. The predicted molar refractivity (Wildman–Crippen MR) is 87.0 cm³/mol. The smallest absolute Gasteiger partial charge is 0.223 e. The van der Waals surface area contributed by atoms with Crippen molar-refractivity contribution < 1.29 is 4.79 Å². The lowest BCUT2D eigenvalue weighted by atomic mass is 9.87. The predicted octanol–water partition coefficient (Wildman–Crippen LogP) is 2.22. The van der Waals surface area contributed by atoms with E-state index in [0.29, 0.717) is 11.8 Å². The molecular formula is C19H21N3O. The highest BCUT2D eigenvalue weighted by molar-refractivity contribution is 5.79. The molecule has 0 bridgehead atoms. The van der Waals surface area contributed by atoms with E-state index in [0.717, 1.165) is 37.4 Å². The van der Waals surface area contributed by atoms with Gasteiger partial charge in [-0.15, -0.1) is 0 Å². The molecule has 0 saturated heterocycles. The van der Waals surface area contributed by atoms with E-state index in [2.05, 4.69) is 39.8 Å². The number of aryl methyl sites for hydroxylation is 1. The maximum atomic E-state index is 12.5. The molecule has 2 aromatic rings. The first-order valence-corrected chi connectivity index (χ1v) is 8.68. The van der Waals surface area contributed by atoms with Crippen molar-refractivity contribution in [3.8, 4) is 0 Å². The largest absolute Gasteiger partial charge is 0.356 e. The zero-order chi connectivity index (χ0) is 15.4. The topological polar surface area (TPSA) is 57.8 Å². The minimum Gasteiger partial charge on any atom is -0.356 e. The Morgan fingerprint density at radius 1 is 1.26 bits per heavy atom. The van der Waals surface area contributed by atoms with Gasteiger partial charge in [-0.2, -0.15) is 5.10 Å². The molecule has 5 rings (SSSR count). The normalized spacial score (nSPS) is 30.3. The van der Waals surface area contributed by atoms with Crippen LogP contribution in [-0.4, -0.2) is 22.6 Å². The van der Waals surface area contributed by atoms with Gasteiger partial charge in [-0.3, -0.25) is 9.89 Å². The van der Waals surface area contributed by atoms with E-state index in [9.17, 15) is 4.79 Å². The highest BCUT2D eigenvalue weighted by Gasteiger charge is 2.55. The van der Waals surface area contributed by atoms with Crippen molar-refractivity contribution >= 4 is 5.91 Å². The summed E-state index contributed by atoms with van der Waals surface area (Å²) in [7, 11) is 0. The summed E-state index contributed by atoms with van der Waals surface area (Å²) in [6, 6.07) is 8.79. The minimum atomic E-state index is 0.105. The molecule has 4 atom stereocenters. The maximum absolute atomic E-state index is 12.5. The molecule has 1 saturated carbocycles. The SMILES string of the molecule is O=C(NCC1C2Cc3ccccc3C12)C1CCc2cn[nH]c2C1. The Labute approximate surface area is 135 Å². The van der Waals surface area contributed by atoms with Crippen LogP contribution in [0.3, 0.4) is 0 Å². The average molecular weight is 307 g/mol. The first-order chi connectivity index (χ1) is 11.3. The van der Waals surface area contributed by atoms with Gasteiger partial charge in [0.1, 0.15) is 0 Å². The van der Waals surface area contributed by atoms with Gasteiger partial charge in [0.15, 0.2) is 0 Å². The van der Waals surface area contributed by atoms with Gasteiger partial charge >= 0.3 is 0 Å². The summed E-state index contributed by atoms with van der Waals surface area (Å²) in [5.41, 5.74) is 5.47. The molecule has 1 fully saturated rings. The molecule has 0 spiro atoms. The molecule has 118 valence electrons. The lowest BCUT2D eigenvalue weighted by molar-refractivity contribution is -0.125. The standard InChI is InChI=1S/C19H21N3O/c23-19(12-5-6-13-9-21-22-17(13)8-12)20-10-16-15-7-11-3-1-2-4-14(11)18(15)16/h1-4,9,12,15-16,18H,5-8,10H2,(H,20,23)(H,21,22). The molecule has 4 heteroatoms. The van der Waals surface area contributed by atoms with E-state index >= 15 is 0 Å². The Hall–Kier alpha value is -2.10. The first kappa shape index (κ1) is 13.3. The summed E-state index contributed by atoms with van der Waals surface area (Å²) in [6.45, 7) is 0.842. The van der Waals surface area contributed by atoms with Crippen LogP contribution in [0.25, 0.3) is 0 Å². The summed E-state index contributed by atoms with van der Waals surface area (Å²) < 4.78 is 0. The van der Waals surface area contributed by atoms with Gasteiger partial charge in [0.2, 0.25) is 5.91 Å². The number of amides is 1. The van der Waals surface area contributed by atoms with Crippen LogP contribution in [-0.2, 0) is 24.1 Å². The van der Waals surface area contributed by atoms with Gasteiger partial charge in [0.05, 0.1) is 6.20 Å². The molecule has 1 aromatic carbocycles. The minimum absolute atomic E-state index is 0.105. The van der Waals surface area contributed by atoms with Crippen LogP contribution in [0.2, 0.25) is 0 Å². The number of fused-ring (bicyclic) bond motifs is 4. The van der Waals surface area contributed by atoms with Gasteiger partial charge in [-0.05, 0) is 53.7 Å². The molecule has 4 unspecified atom stereocenters. The van der Waals surface area contributed by atoms with E-state index in [1.165, 1.54) is 23.1 Å². The Morgan fingerprint density at radius 3 is 3.13 bits per heavy atom. The van der Waals surface area contributed by atoms with Gasteiger partial charge in [0.25, 0.3) is 0 Å². The number of nitrogens with one attached hydrogen (secondary N) is 2. The fourth-order valence-electron chi connectivity index (χ4n) is 4.76. The van der Waals surface area contributed by atoms with Gasteiger partial charge in [-0.25, -0.2) is 0 Å². The molecule has 23 heavy (non-hydrogen) atoms. The van der Waals surface area contributed by atoms with Crippen LogP contribution >= 0.6 is 0 Å². The number of benzene rings is 1. The highest BCUT2D eigenvalue weighted by Crippen LogP contribution is 2.60. The Kier molecular flexibility index (Phi) is 2.87. The third kappa shape index (κ3) is 2.12. The Bertz CT molecular complexity index is 765. The van der Waals surface area contributed by atoms with E-state index in [-0.39, 0.29) is 11.8 Å². The third-order valence-electron chi connectivity index (χ3n) is 6.10. The number of carbonyl (C=O) groups is 1. The lowest BCUT2D eigenvalue weighted by Crippen LogP contribution is -2.35. The van der Waals surface area contributed by atoms with Crippen molar-refractivity contribution in [1.82, 2.24) is 15.5 Å². The third-order valence-corrected chi connectivity index (χ3v) is 6.10. The lowest BCUT2D eigenvalue weighted by Gasteiger charge is -2.21. The van der Waals surface area contributed by atoms with Gasteiger partial charge < -0.3 is 5.32 Å². The second-order valence-electron chi connectivity index (χ2n) is 7.32. The molecule has 1 aromatic heterocycles.